The van der Waals surface area contributed by atoms with Gasteiger partial charge < -0.3 is 15.6 Å². The molecule has 0 atom stereocenters. The largest absolute Gasteiger partial charge is 0.340 e. The van der Waals surface area contributed by atoms with Gasteiger partial charge in [-0.2, -0.15) is 0 Å². The second kappa shape index (κ2) is 4.79. The van der Waals surface area contributed by atoms with Gasteiger partial charge in [-0.15, -0.1) is 0 Å². The maximum Gasteiger partial charge on any atom is 0.199 e. The number of nitrogens with one attached hydrogen (secondary N) is 3. The zero-order chi connectivity index (χ0) is 12.5. The highest BCUT2D eigenvalue weighted by atomic mass is 79.9. The third-order valence-electron chi connectivity index (χ3n) is 2.81. The number of halogens is 1. The van der Waals surface area contributed by atoms with Crippen molar-refractivity contribution in [1.29, 1.82) is 0 Å². The summed E-state index contributed by atoms with van der Waals surface area (Å²) in [6.45, 7) is 1.62. The van der Waals surface area contributed by atoms with Crippen LogP contribution in [0, 0.1) is 4.77 Å². The van der Waals surface area contributed by atoms with Crippen LogP contribution in [0.1, 0.15) is 11.3 Å². The number of hydrogen-bond acceptors (Lipinski definition) is 4. The minimum atomic E-state index is 0.509. The van der Waals surface area contributed by atoms with Crippen LogP contribution in [0.4, 0.5) is 11.5 Å². The first-order chi connectivity index (χ1) is 8.72. The standard InChI is InChI=1S/C12H11BrN4S/c13-7-2-1-3-8(4-7)15-11-9-5-14-6-10(9)16-12(18)17-11/h1-4,14H,5-6H2,(H2,15,16,17,18). The number of benzene rings is 1. The van der Waals surface area contributed by atoms with Crippen molar-refractivity contribution in [3.8, 4) is 0 Å². The van der Waals surface area contributed by atoms with Gasteiger partial charge in [-0.3, -0.25) is 0 Å². The number of nitrogens with zero attached hydrogens (tertiary/aromatic N) is 1. The molecule has 0 radical (unpaired) electrons. The molecule has 1 aliphatic heterocycles. The van der Waals surface area contributed by atoms with Gasteiger partial charge in [0.2, 0.25) is 0 Å². The molecular weight excluding hydrogens is 312 g/mol. The maximum absolute atomic E-state index is 5.14. The highest BCUT2D eigenvalue weighted by Gasteiger charge is 2.16. The van der Waals surface area contributed by atoms with Crippen molar-refractivity contribution < 1.29 is 0 Å². The second-order valence-electron chi connectivity index (χ2n) is 4.09. The minimum absolute atomic E-state index is 0.509. The zero-order valence-corrected chi connectivity index (χ0v) is 11.9. The molecule has 3 N–H and O–H groups in total. The van der Waals surface area contributed by atoms with Crippen molar-refractivity contribution >= 4 is 39.7 Å². The molecule has 0 saturated heterocycles. The van der Waals surface area contributed by atoms with E-state index >= 15 is 0 Å². The molecule has 4 nitrogen and oxygen atoms in total. The first kappa shape index (κ1) is 11.8. The summed E-state index contributed by atoms with van der Waals surface area (Å²) in [6, 6.07) is 7.98. The number of hydrogen-bond donors (Lipinski definition) is 3. The first-order valence-electron chi connectivity index (χ1n) is 5.58. The van der Waals surface area contributed by atoms with Gasteiger partial charge in [0.15, 0.2) is 4.77 Å². The Morgan fingerprint density at radius 2 is 2.22 bits per heavy atom. The smallest absolute Gasteiger partial charge is 0.199 e. The minimum Gasteiger partial charge on any atom is -0.340 e. The fourth-order valence-corrected chi connectivity index (χ4v) is 2.62. The topological polar surface area (TPSA) is 52.7 Å². The molecule has 0 saturated carbocycles. The SMILES string of the molecule is S=c1nc(Nc2cccc(Br)c2)c2c([nH]1)CNC2. The van der Waals surface area contributed by atoms with Gasteiger partial charge in [-0.05, 0) is 30.4 Å². The Labute approximate surface area is 118 Å². The third kappa shape index (κ3) is 2.31. The van der Waals surface area contributed by atoms with E-state index in [-0.39, 0.29) is 0 Å². The Morgan fingerprint density at radius 1 is 1.33 bits per heavy atom. The fraction of sp³-hybridized carbons (Fsp3) is 0.167. The molecule has 6 heteroatoms. The summed E-state index contributed by atoms with van der Waals surface area (Å²) in [4.78, 5) is 7.48. The molecule has 0 bridgehead atoms. The van der Waals surface area contributed by atoms with Gasteiger partial charge in [-0.1, -0.05) is 22.0 Å². The predicted octanol–water partition coefficient (Wildman–Crippen LogP) is 3.25. The molecule has 1 aromatic carbocycles. The van der Waals surface area contributed by atoms with Crippen molar-refractivity contribution in [2.75, 3.05) is 5.32 Å². The molecule has 0 fully saturated rings. The molecule has 0 spiro atoms. The van der Waals surface area contributed by atoms with Crippen LogP contribution < -0.4 is 10.6 Å². The summed E-state index contributed by atoms with van der Waals surface area (Å²) in [6.07, 6.45) is 0. The molecule has 2 aromatic rings. The van der Waals surface area contributed by atoms with Crippen LogP contribution in [0.5, 0.6) is 0 Å². The molecule has 92 valence electrons. The lowest BCUT2D eigenvalue weighted by atomic mass is 10.2. The Morgan fingerprint density at radius 3 is 3.06 bits per heavy atom. The summed E-state index contributed by atoms with van der Waals surface area (Å²) < 4.78 is 1.54. The van der Waals surface area contributed by atoms with Crippen LogP contribution in [0.3, 0.4) is 0 Å². The van der Waals surface area contributed by atoms with Crippen LogP contribution in [-0.2, 0) is 13.1 Å². The monoisotopic (exact) mass is 322 g/mol. The number of rotatable bonds is 2. The van der Waals surface area contributed by atoms with Crippen LogP contribution >= 0.6 is 28.1 Å². The lowest BCUT2D eigenvalue weighted by Gasteiger charge is -2.10. The Kier molecular flexibility index (Phi) is 3.15. The highest BCUT2D eigenvalue weighted by molar-refractivity contribution is 9.10. The van der Waals surface area contributed by atoms with E-state index in [9.17, 15) is 0 Å². The van der Waals surface area contributed by atoms with Crippen molar-refractivity contribution in [3.05, 3.63) is 44.8 Å². The summed E-state index contributed by atoms with van der Waals surface area (Å²) in [5.41, 5.74) is 3.27. The van der Waals surface area contributed by atoms with Crippen molar-refractivity contribution in [3.63, 3.8) is 0 Å². The average Bonchev–Trinajstić information content (AvgIpc) is 2.77. The average molecular weight is 323 g/mol. The van der Waals surface area contributed by atoms with Crippen LogP contribution in [0.15, 0.2) is 28.7 Å². The van der Waals surface area contributed by atoms with Crippen LogP contribution in [-0.4, -0.2) is 9.97 Å². The van der Waals surface area contributed by atoms with Gasteiger partial charge in [0.05, 0.1) is 0 Å². The normalized spacial score (nSPS) is 13.4. The molecule has 0 amide bonds. The Hall–Kier alpha value is -1.24. The quantitative estimate of drug-likeness (QED) is 0.743. The maximum atomic E-state index is 5.14. The van der Waals surface area contributed by atoms with E-state index in [1.165, 1.54) is 0 Å². The molecule has 0 unspecified atom stereocenters. The Bertz CT molecular complexity index is 653. The zero-order valence-electron chi connectivity index (χ0n) is 9.46. The highest BCUT2D eigenvalue weighted by Crippen LogP contribution is 2.25. The molecule has 0 aliphatic carbocycles. The summed E-state index contributed by atoms with van der Waals surface area (Å²) in [5, 5.41) is 6.60. The molecule has 3 rings (SSSR count). The predicted molar refractivity (Wildman–Crippen MR) is 77.4 cm³/mol. The summed E-state index contributed by atoms with van der Waals surface area (Å²) >= 11 is 8.59. The van der Waals surface area contributed by atoms with Crippen molar-refractivity contribution in [1.82, 2.24) is 15.3 Å². The van der Waals surface area contributed by atoms with Crippen molar-refractivity contribution in [2.45, 2.75) is 13.1 Å². The van der Waals surface area contributed by atoms with Gasteiger partial charge in [0, 0.05) is 34.5 Å². The summed E-state index contributed by atoms with van der Waals surface area (Å²) in [5.74, 6) is 0.830. The number of aromatic amines is 1. The van der Waals surface area contributed by atoms with E-state index < -0.39 is 0 Å². The molecule has 1 aromatic heterocycles. The number of fused-ring (bicyclic) bond motifs is 1. The molecular formula is C12H11BrN4S. The van der Waals surface area contributed by atoms with Gasteiger partial charge in [0.25, 0.3) is 0 Å². The lowest BCUT2D eigenvalue weighted by molar-refractivity contribution is 0.757. The van der Waals surface area contributed by atoms with E-state index in [2.05, 4.69) is 36.5 Å². The molecule has 2 heterocycles. The Balaban J connectivity index is 2.00. The van der Waals surface area contributed by atoms with E-state index in [0.717, 1.165) is 40.3 Å². The number of H-pyrrole nitrogens is 1. The number of anilines is 2. The van der Waals surface area contributed by atoms with Crippen LogP contribution in [0.2, 0.25) is 0 Å². The van der Waals surface area contributed by atoms with Gasteiger partial charge >= 0.3 is 0 Å². The summed E-state index contributed by atoms with van der Waals surface area (Å²) in [7, 11) is 0. The second-order valence-corrected chi connectivity index (χ2v) is 5.39. The van der Waals surface area contributed by atoms with E-state index in [4.69, 9.17) is 12.2 Å². The van der Waals surface area contributed by atoms with Gasteiger partial charge in [0.1, 0.15) is 5.82 Å². The fourth-order valence-electron chi connectivity index (χ4n) is 2.00. The van der Waals surface area contributed by atoms with E-state index in [1.54, 1.807) is 0 Å². The number of aromatic nitrogens is 2. The molecule has 1 aliphatic rings. The molecule has 18 heavy (non-hydrogen) atoms. The van der Waals surface area contributed by atoms with Crippen molar-refractivity contribution in [2.24, 2.45) is 0 Å². The van der Waals surface area contributed by atoms with E-state index in [0.29, 0.717) is 4.77 Å². The van der Waals surface area contributed by atoms with Gasteiger partial charge in [-0.25, -0.2) is 4.98 Å². The van der Waals surface area contributed by atoms with Crippen LogP contribution in [0.25, 0.3) is 0 Å². The first-order valence-corrected chi connectivity index (χ1v) is 6.78. The van der Waals surface area contributed by atoms with E-state index in [1.807, 2.05) is 24.3 Å². The lowest BCUT2D eigenvalue weighted by Crippen LogP contribution is -2.02. The third-order valence-corrected chi connectivity index (χ3v) is 3.50.